The Morgan fingerprint density at radius 1 is 1.35 bits per heavy atom. The van der Waals surface area contributed by atoms with E-state index in [1.165, 1.54) is 10.9 Å². The average Bonchev–Trinajstić information content (AvgIpc) is 2.69. The van der Waals surface area contributed by atoms with Crippen molar-refractivity contribution in [1.29, 1.82) is 0 Å². The average molecular weight is 285 g/mol. The number of nitrogens with two attached hydrogens (primary N) is 1. The molecule has 8 heteroatoms. The van der Waals surface area contributed by atoms with Gasteiger partial charge in [0.15, 0.2) is 0 Å². The Morgan fingerprint density at radius 2 is 2.05 bits per heavy atom. The van der Waals surface area contributed by atoms with Gasteiger partial charge in [-0.25, -0.2) is 5.43 Å². The van der Waals surface area contributed by atoms with E-state index in [0.717, 1.165) is 12.3 Å². The fourth-order valence-corrected chi connectivity index (χ4v) is 2.14. The highest BCUT2D eigenvalue weighted by molar-refractivity contribution is 5.37. The molecule has 0 saturated carbocycles. The second kappa shape index (κ2) is 5.22. The molecule has 20 heavy (non-hydrogen) atoms. The Kier molecular flexibility index (Phi) is 3.78. The Morgan fingerprint density at radius 3 is 2.55 bits per heavy atom. The van der Waals surface area contributed by atoms with Gasteiger partial charge in [0.05, 0.1) is 17.3 Å². The van der Waals surface area contributed by atoms with Crippen LogP contribution in [0.25, 0.3) is 0 Å². The highest BCUT2D eigenvalue weighted by Crippen LogP contribution is 2.36. The summed E-state index contributed by atoms with van der Waals surface area (Å²) >= 11 is 0. The van der Waals surface area contributed by atoms with Gasteiger partial charge >= 0.3 is 6.18 Å². The fraction of sp³-hybridized carbons (Fsp3) is 0.333. The molecule has 0 aliphatic rings. The lowest BCUT2D eigenvalue weighted by Gasteiger charge is -2.20. The van der Waals surface area contributed by atoms with E-state index in [0.29, 0.717) is 11.3 Å². The van der Waals surface area contributed by atoms with Gasteiger partial charge in [-0.3, -0.25) is 15.5 Å². The Bertz CT molecular complexity index is 605. The minimum absolute atomic E-state index is 0.0291. The summed E-state index contributed by atoms with van der Waals surface area (Å²) in [6, 6.07) is 0.111. The number of halogens is 3. The zero-order chi connectivity index (χ0) is 14.9. The van der Waals surface area contributed by atoms with Crippen molar-refractivity contribution < 1.29 is 13.2 Å². The van der Waals surface area contributed by atoms with Gasteiger partial charge in [-0.15, -0.1) is 0 Å². The molecule has 3 N–H and O–H groups in total. The first kappa shape index (κ1) is 14.5. The summed E-state index contributed by atoms with van der Waals surface area (Å²) in [5.74, 6) is 5.44. The second-order valence-corrected chi connectivity index (χ2v) is 4.40. The predicted octanol–water partition coefficient (Wildman–Crippen LogP) is 1.70. The minimum Gasteiger partial charge on any atom is -0.275 e. The van der Waals surface area contributed by atoms with Crippen LogP contribution in [0.3, 0.4) is 0 Å². The Hall–Kier alpha value is -1.93. The summed E-state index contributed by atoms with van der Waals surface area (Å²) in [6.45, 7) is 1.71. The Labute approximate surface area is 113 Å². The first-order valence-corrected chi connectivity index (χ1v) is 5.82. The molecule has 0 saturated heterocycles. The molecule has 2 aromatic heterocycles. The first-order chi connectivity index (χ1) is 9.34. The van der Waals surface area contributed by atoms with Crippen LogP contribution in [0, 0.1) is 6.92 Å². The van der Waals surface area contributed by atoms with Gasteiger partial charge in [-0.1, -0.05) is 0 Å². The van der Waals surface area contributed by atoms with Gasteiger partial charge in [0.2, 0.25) is 0 Å². The maximum Gasteiger partial charge on any atom is 0.416 e. The number of rotatable bonds is 3. The molecular formula is C12H14F3N5. The van der Waals surface area contributed by atoms with Crippen LogP contribution in [0.4, 0.5) is 13.2 Å². The molecule has 5 nitrogen and oxygen atoms in total. The third kappa shape index (κ3) is 2.66. The summed E-state index contributed by atoms with van der Waals surface area (Å²) in [5, 5.41) is 4.12. The van der Waals surface area contributed by atoms with Crippen molar-refractivity contribution in [3.63, 3.8) is 0 Å². The van der Waals surface area contributed by atoms with Crippen molar-refractivity contribution in [3.8, 4) is 0 Å². The van der Waals surface area contributed by atoms with E-state index in [-0.39, 0.29) is 5.56 Å². The number of hydrogen-bond acceptors (Lipinski definition) is 4. The van der Waals surface area contributed by atoms with Crippen LogP contribution >= 0.6 is 0 Å². The number of aryl methyl sites for hydroxylation is 2. The number of alkyl halides is 3. The van der Waals surface area contributed by atoms with Gasteiger partial charge in [-0.2, -0.15) is 18.3 Å². The van der Waals surface area contributed by atoms with E-state index in [9.17, 15) is 13.2 Å². The SMILES string of the molecule is Cc1nn(C)cc1C(NN)c1cnccc1C(F)(F)F. The molecule has 0 aliphatic heterocycles. The van der Waals surface area contributed by atoms with Crippen molar-refractivity contribution >= 4 is 0 Å². The monoisotopic (exact) mass is 285 g/mol. The van der Waals surface area contributed by atoms with Gasteiger partial charge in [0.25, 0.3) is 0 Å². The lowest BCUT2D eigenvalue weighted by molar-refractivity contribution is -0.138. The normalized spacial score (nSPS) is 13.5. The quantitative estimate of drug-likeness (QED) is 0.665. The zero-order valence-electron chi connectivity index (χ0n) is 10.9. The van der Waals surface area contributed by atoms with Crippen molar-refractivity contribution in [2.45, 2.75) is 19.1 Å². The zero-order valence-corrected chi connectivity index (χ0v) is 10.9. The summed E-state index contributed by atoms with van der Waals surface area (Å²) < 4.78 is 40.7. The maximum absolute atomic E-state index is 13.0. The molecule has 1 unspecified atom stereocenters. The molecule has 2 rings (SSSR count). The summed E-state index contributed by atoms with van der Waals surface area (Å²) in [6.07, 6.45) is -0.563. The molecule has 2 heterocycles. The lowest BCUT2D eigenvalue weighted by atomic mass is 9.97. The number of hydrogen-bond donors (Lipinski definition) is 2. The number of pyridine rings is 1. The maximum atomic E-state index is 13.0. The molecule has 0 aliphatic carbocycles. The van der Waals surface area contributed by atoms with Crippen molar-refractivity contribution in [1.82, 2.24) is 20.2 Å². The molecule has 1 atom stereocenters. The molecular weight excluding hydrogens is 271 g/mol. The van der Waals surface area contributed by atoms with Crippen LogP contribution in [0.5, 0.6) is 0 Å². The van der Waals surface area contributed by atoms with E-state index in [1.807, 2.05) is 0 Å². The van der Waals surface area contributed by atoms with Crippen LogP contribution in [0.15, 0.2) is 24.7 Å². The van der Waals surface area contributed by atoms with Gasteiger partial charge in [-0.05, 0) is 13.0 Å². The summed E-state index contributed by atoms with van der Waals surface area (Å²) in [4.78, 5) is 3.77. The fourth-order valence-electron chi connectivity index (χ4n) is 2.14. The van der Waals surface area contributed by atoms with Gasteiger partial charge < -0.3 is 0 Å². The standard InChI is InChI=1S/C12H14F3N5/c1-7-9(6-20(2)19-7)11(18-16)8-5-17-4-3-10(8)12(13,14)15/h3-6,11,18H,16H2,1-2H3. The Balaban J connectivity index is 2.56. The molecule has 0 fully saturated rings. The molecule has 108 valence electrons. The van der Waals surface area contributed by atoms with Gasteiger partial charge in [0, 0.05) is 36.8 Å². The topological polar surface area (TPSA) is 68.8 Å². The van der Waals surface area contributed by atoms with Crippen LogP contribution in [-0.2, 0) is 13.2 Å². The molecule has 0 bridgehead atoms. The van der Waals surface area contributed by atoms with E-state index < -0.39 is 17.8 Å². The summed E-state index contributed by atoms with van der Waals surface area (Å²) in [7, 11) is 1.69. The number of nitrogens with zero attached hydrogens (tertiary/aromatic N) is 3. The molecule has 0 radical (unpaired) electrons. The lowest BCUT2D eigenvalue weighted by Crippen LogP contribution is -2.31. The molecule has 2 aromatic rings. The van der Waals surface area contributed by atoms with Crippen LogP contribution < -0.4 is 11.3 Å². The highest BCUT2D eigenvalue weighted by atomic mass is 19.4. The van der Waals surface area contributed by atoms with Gasteiger partial charge in [0.1, 0.15) is 0 Å². The van der Waals surface area contributed by atoms with E-state index in [1.54, 1.807) is 20.2 Å². The van der Waals surface area contributed by atoms with Crippen molar-refractivity contribution in [2.24, 2.45) is 12.9 Å². The molecule has 0 spiro atoms. The van der Waals surface area contributed by atoms with Crippen LogP contribution in [0.1, 0.15) is 28.4 Å². The summed E-state index contributed by atoms with van der Waals surface area (Å²) in [5.41, 5.74) is 2.80. The molecule has 0 amide bonds. The van der Waals surface area contributed by atoms with E-state index in [4.69, 9.17) is 5.84 Å². The second-order valence-electron chi connectivity index (χ2n) is 4.40. The van der Waals surface area contributed by atoms with Crippen LogP contribution in [-0.4, -0.2) is 14.8 Å². The van der Waals surface area contributed by atoms with Crippen molar-refractivity contribution in [3.05, 3.63) is 47.0 Å². The number of aromatic nitrogens is 3. The molecule has 0 aromatic carbocycles. The largest absolute Gasteiger partial charge is 0.416 e. The van der Waals surface area contributed by atoms with Crippen molar-refractivity contribution in [2.75, 3.05) is 0 Å². The third-order valence-electron chi connectivity index (χ3n) is 3.00. The van der Waals surface area contributed by atoms with Crippen LogP contribution in [0.2, 0.25) is 0 Å². The minimum atomic E-state index is -4.47. The number of hydrazine groups is 1. The predicted molar refractivity (Wildman–Crippen MR) is 66.4 cm³/mol. The van der Waals surface area contributed by atoms with E-state index in [2.05, 4.69) is 15.5 Å². The first-order valence-electron chi connectivity index (χ1n) is 5.82. The third-order valence-corrected chi connectivity index (χ3v) is 3.00. The number of nitrogens with one attached hydrogen (secondary N) is 1. The smallest absolute Gasteiger partial charge is 0.275 e. The highest BCUT2D eigenvalue weighted by Gasteiger charge is 2.36. The van der Waals surface area contributed by atoms with E-state index >= 15 is 0 Å².